The molecular formula is C26H25F4N3O4S2. The number of rotatable bonds is 7. The van der Waals surface area contributed by atoms with Crippen LogP contribution in [0.2, 0.25) is 0 Å². The highest BCUT2D eigenvalue weighted by Crippen LogP contribution is 2.38. The Labute approximate surface area is 225 Å². The van der Waals surface area contributed by atoms with Crippen LogP contribution in [0.25, 0.3) is 22.2 Å². The number of pyridine rings is 1. The summed E-state index contributed by atoms with van der Waals surface area (Å²) in [6, 6.07) is 11.0. The summed E-state index contributed by atoms with van der Waals surface area (Å²) in [7, 11) is -3.73. The van der Waals surface area contributed by atoms with Gasteiger partial charge in [0.05, 0.1) is 17.3 Å². The van der Waals surface area contributed by atoms with Gasteiger partial charge < -0.3 is 9.08 Å². The van der Waals surface area contributed by atoms with Crippen LogP contribution in [0.3, 0.4) is 0 Å². The maximum atomic E-state index is 14.8. The fraction of sp³-hybridized carbons (Fsp3) is 0.308. The molecule has 0 aliphatic carbocycles. The zero-order valence-corrected chi connectivity index (χ0v) is 23.0. The van der Waals surface area contributed by atoms with Crippen molar-refractivity contribution in [1.29, 1.82) is 0 Å². The van der Waals surface area contributed by atoms with E-state index in [2.05, 4.69) is 14.9 Å². The lowest BCUT2D eigenvalue weighted by atomic mass is 9.94. The van der Waals surface area contributed by atoms with Crippen LogP contribution in [0.1, 0.15) is 43.6 Å². The minimum Gasteiger partial charge on any atom is -0.598 e. The lowest BCUT2D eigenvalue weighted by Crippen LogP contribution is -2.42. The maximum Gasteiger partial charge on any atom is 0.416 e. The SMILES string of the molecule is CC(C)(C)[S+]([O-])N[C@@H](Cc1nc(S(C)(=O)=O)ccc1F)c1ccccc1-c1noc2cc(C(F)(F)F)ccc12. The molecule has 0 amide bonds. The highest BCUT2D eigenvalue weighted by molar-refractivity contribution is 7.91. The van der Waals surface area contributed by atoms with Gasteiger partial charge in [-0.25, -0.2) is 17.8 Å². The van der Waals surface area contributed by atoms with Gasteiger partial charge in [-0.15, -0.1) is 4.72 Å². The fourth-order valence-corrected chi connectivity index (χ4v) is 5.27. The van der Waals surface area contributed by atoms with Gasteiger partial charge >= 0.3 is 6.18 Å². The van der Waals surface area contributed by atoms with Gasteiger partial charge in [-0.1, -0.05) is 29.4 Å². The third kappa shape index (κ3) is 6.43. The van der Waals surface area contributed by atoms with Crippen LogP contribution in [-0.2, 0) is 33.8 Å². The molecule has 2 aromatic carbocycles. The minimum absolute atomic E-state index is 0.0778. The van der Waals surface area contributed by atoms with Gasteiger partial charge in [-0.3, -0.25) is 0 Å². The Morgan fingerprint density at radius 2 is 1.77 bits per heavy atom. The highest BCUT2D eigenvalue weighted by Gasteiger charge is 2.34. The topological polar surface area (TPSA) is 108 Å². The molecule has 13 heteroatoms. The summed E-state index contributed by atoms with van der Waals surface area (Å²) >= 11 is -1.65. The van der Waals surface area contributed by atoms with E-state index in [0.717, 1.165) is 30.5 Å². The number of nitrogens with one attached hydrogen (secondary N) is 1. The number of hydrogen-bond acceptors (Lipinski definition) is 7. The highest BCUT2D eigenvalue weighted by atomic mass is 32.2. The zero-order chi connectivity index (χ0) is 28.8. The number of sulfone groups is 1. The summed E-state index contributed by atoms with van der Waals surface area (Å²) in [4.78, 5) is 4.01. The first kappa shape index (κ1) is 29.0. The average molecular weight is 584 g/mol. The molecule has 0 bridgehead atoms. The van der Waals surface area contributed by atoms with Crippen LogP contribution in [0.4, 0.5) is 17.6 Å². The van der Waals surface area contributed by atoms with Crippen molar-refractivity contribution in [2.45, 2.75) is 49.2 Å². The van der Waals surface area contributed by atoms with Gasteiger partial charge in [-0.2, -0.15) is 13.2 Å². The predicted molar refractivity (Wildman–Crippen MR) is 139 cm³/mol. The lowest BCUT2D eigenvalue weighted by Gasteiger charge is -2.29. The van der Waals surface area contributed by atoms with E-state index in [1.54, 1.807) is 45.0 Å². The molecule has 1 unspecified atom stereocenters. The molecule has 2 heterocycles. The molecule has 0 saturated carbocycles. The normalized spacial score (nSPS) is 14.5. The maximum absolute atomic E-state index is 14.8. The molecule has 0 radical (unpaired) electrons. The van der Waals surface area contributed by atoms with E-state index in [0.29, 0.717) is 16.5 Å². The number of nitrogens with zero attached hydrogens (tertiary/aromatic N) is 2. The molecular weight excluding hydrogens is 558 g/mol. The Bertz CT molecular complexity index is 1620. The van der Waals surface area contributed by atoms with Gasteiger partial charge in [0.2, 0.25) is 0 Å². The van der Waals surface area contributed by atoms with Crippen LogP contribution in [0, 0.1) is 5.82 Å². The molecule has 4 rings (SSSR count). The zero-order valence-electron chi connectivity index (χ0n) is 21.3. The first-order valence-corrected chi connectivity index (χ1v) is 14.7. The number of fused-ring (bicyclic) bond motifs is 1. The largest absolute Gasteiger partial charge is 0.598 e. The van der Waals surface area contributed by atoms with Crippen LogP contribution in [0.15, 0.2) is 64.1 Å². The van der Waals surface area contributed by atoms with E-state index in [1.165, 1.54) is 6.07 Å². The Kier molecular flexibility index (Phi) is 7.83. The van der Waals surface area contributed by atoms with Crippen molar-refractivity contribution in [3.8, 4) is 11.3 Å². The molecule has 208 valence electrons. The van der Waals surface area contributed by atoms with E-state index < -0.39 is 49.5 Å². The third-order valence-corrected chi connectivity index (χ3v) is 8.46. The van der Waals surface area contributed by atoms with E-state index in [4.69, 9.17) is 4.52 Å². The summed E-state index contributed by atoms with van der Waals surface area (Å²) in [5.41, 5.74) is 0.0246. The molecule has 0 aliphatic rings. The van der Waals surface area contributed by atoms with Gasteiger partial charge in [0.25, 0.3) is 0 Å². The average Bonchev–Trinajstić information content (AvgIpc) is 3.26. The number of hydrogen-bond donors (Lipinski definition) is 1. The van der Waals surface area contributed by atoms with E-state index in [1.807, 2.05) is 0 Å². The molecule has 4 aromatic rings. The Morgan fingerprint density at radius 1 is 1.08 bits per heavy atom. The van der Waals surface area contributed by atoms with E-state index in [9.17, 15) is 30.5 Å². The van der Waals surface area contributed by atoms with Crippen molar-refractivity contribution in [3.63, 3.8) is 0 Å². The summed E-state index contributed by atoms with van der Waals surface area (Å²) < 4.78 is 99.2. The second kappa shape index (κ2) is 10.5. The van der Waals surface area contributed by atoms with E-state index in [-0.39, 0.29) is 28.4 Å². The Morgan fingerprint density at radius 3 is 2.41 bits per heavy atom. The summed E-state index contributed by atoms with van der Waals surface area (Å²) in [6.45, 7) is 5.22. The van der Waals surface area contributed by atoms with Crippen LogP contribution in [0.5, 0.6) is 0 Å². The molecule has 1 N–H and O–H groups in total. The Balaban J connectivity index is 1.84. The second-order valence-corrected chi connectivity index (χ2v) is 13.9. The number of alkyl halides is 3. The molecule has 39 heavy (non-hydrogen) atoms. The summed E-state index contributed by atoms with van der Waals surface area (Å²) in [5, 5.41) is 4.02. The Hall–Kier alpha value is -3.00. The molecule has 0 spiro atoms. The minimum atomic E-state index is -4.57. The van der Waals surface area contributed by atoms with Gasteiger partial charge in [-0.05, 0) is 56.7 Å². The fourth-order valence-electron chi connectivity index (χ4n) is 3.85. The quantitative estimate of drug-likeness (QED) is 0.217. The second-order valence-electron chi connectivity index (χ2n) is 9.93. The van der Waals surface area contributed by atoms with Crippen LogP contribution >= 0.6 is 0 Å². The standard InChI is InChI=1S/C26H25F4N3O4S2/c1-25(2,3)38(34)33-20(14-21-19(27)11-12-23(31-21)39(4,35)36)16-7-5-6-8-17(16)24-18-10-9-15(26(28,29)30)13-22(18)37-32-24/h5-13,20,33H,14H2,1-4H3/t20-,38?/m0/s1. The van der Waals surface area contributed by atoms with Gasteiger partial charge in [0, 0.05) is 35.0 Å². The monoisotopic (exact) mass is 583 g/mol. The van der Waals surface area contributed by atoms with Crippen molar-refractivity contribution in [1.82, 2.24) is 14.9 Å². The third-order valence-electron chi connectivity index (χ3n) is 5.87. The van der Waals surface area contributed by atoms with Crippen molar-refractivity contribution in [2.24, 2.45) is 0 Å². The molecule has 2 aromatic heterocycles. The first-order valence-electron chi connectivity index (χ1n) is 11.6. The number of halogens is 4. The predicted octanol–water partition coefficient (Wildman–Crippen LogP) is 5.79. The molecule has 0 aliphatic heterocycles. The molecule has 7 nitrogen and oxygen atoms in total. The smallest absolute Gasteiger partial charge is 0.416 e. The van der Waals surface area contributed by atoms with Crippen molar-refractivity contribution < 1.29 is 35.1 Å². The van der Waals surface area contributed by atoms with E-state index >= 15 is 0 Å². The summed E-state index contributed by atoms with van der Waals surface area (Å²) in [6.07, 6.45) is -3.80. The van der Waals surface area contributed by atoms with Crippen molar-refractivity contribution in [2.75, 3.05) is 6.26 Å². The molecule has 0 fully saturated rings. The summed E-state index contributed by atoms with van der Waals surface area (Å²) in [5.74, 6) is -0.750. The van der Waals surface area contributed by atoms with Crippen molar-refractivity contribution in [3.05, 3.63) is 77.2 Å². The molecule has 2 atom stereocenters. The van der Waals surface area contributed by atoms with Crippen LogP contribution in [-0.4, -0.2) is 34.1 Å². The number of aromatic nitrogens is 2. The van der Waals surface area contributed by atoms with Crippen LogP contribution < -0.4 is 4.72 Å². The number of benzene rings is 2. The van der Waals surface area contributed by atoms with Crippen molar-refractivity contribution >= 4 is 32.2 Å². The molecule has 0 saturated heterocycles. The lowest BCUT2D eigenvalue weighted by molar-refractivity contribution is -0.137. The van der Waals surface area contributed by atoms with Gasteiger partial charge in [0.1, 0.15) is 16.3 Å². The first-order chi connectivity index (χ1) is 18.1. The van der Waals surface area contributed by atoms with Gasteiger partial charge in [0.15, 0.2) is 20.4 Å².